The summed E-state index contributed by atoms with van der Waals surface area (Å²) in [4.78, 5) is 14.8. The average molecular weight is 308 g/mol. The molecule has 92 valence electrons. The van der Waals surface area contributed by atoms with Gasteiger partial charge in [-0.1, -0.05) is 0 Å². The van der Waals surface area contributed by atoms with Crippen LogP contribution in [0, 0.1) is 0 Å². The lowest BCUT2D eigenvalue weighted by atomic mass is 10.1. The van der Waals surface area contributed by atoms with Gasteiger partial charge in [0.25, 0.3) is 0 Å². The first-order chi connectivity index (χ1) is 8.56. The molecule has 0 unspecified atom stereocenters. The number of aromatic nitrogens is 1. The molecule has 4 N–H and O–H groups in total. The number of carboxylic acid groups (broad SMARTS) is 1. The minimum Gasteiger partial charge on any atom is -0.478 e. The molecule has 0 aliphatic carbocycles. The van der Waals surface area contributed by atoms with Crippen LogP contribution in [0.2, 0.25) is 0 Å². The van der Waals surface area contributed by atoms with E-state index in [1.165, 1.54) is 12.1 Å². The highest BCUT2D eigenvalue weighted by Crippen LogP contribution is 2.25. The third-order valence-corrected chi connectivity index (χ3v) is 2.74. The molecule has 0 amide bonds. The number of halogens is 1. The summed E-state index contributed by atoms with van der Waals surface area (Å²) >= 11 is 3.26. The number of carboxylic acids is 1. The van der Waals surface area contributed by atoms with Gasteiger partial charge in [-0.25, -0.2) is 9.78 Å². The molecular weight excluding hydrogens is 298 g/mol. The third kappa shape index (κ3) is 2.78. The normalized spacial score (nSPS) is 10.1. The number of nitrogens with one attached hydrogen (secondary N) is 1. The molecule has 1 heterocycles. The number of nitrogen functional groups attached to an aromatic ring is 1. The van der Waals surface area contributed by atoms with E-state index in [4.69, 9.17) is 10.8 Å². The Labute approximate surface area is 112 Å². The van der Waals surface area contributed by atoms with Gasteiger partial charge in [-0.05, 0) is 46.3 Å². The molecule has 2 aromatic rings. The largest absolute Gasteiger partial charge is 0.478 e. The number of nitrogens with two attached hydrogens (primary N) is 1. The monoisotopic (exact) mass is 307 g/mol. The Morgan fingerprint density at radius 1 is 1.33 bits per heavy atom. The molecule has 1 aromatic heterocycles. The highest BCUT2D eigenvalue weighted by Gasteiger charge is 2.06. The van der Waals surface area contributed by atoms with Gasteiger partial charge in [-0.3, -0.25) is 0 Å². The van der Waals surface area contributed by atoms with E-state index in [0.29, 0.717) is 16.0 Å². The Morgan fingerprint density at radius 2 is 2.11 bits per heavy atom. The van der Waals surface area contributed by atoms with E-state index in [-0.39, 0.29) is 5.56 Å². The molecule has 0 spiro atoms. The molecule has 1 aromatic carbocycles. The van der Waals surface area contributed by atoms with Crippen molar-refractivity contribution in [2.75, 3.05) is 11.1 Å². The van der Waals surface area contributed by atoms with Gasteiger partial charge in [-0.2, -0.15) is 0 Å². The van der Waals surface area contributed by atoms with E-state index >= 15 is 0 Å². The lowest BCUT2D eigenvalue weighted by Gasteiger charge is -2.10. The molecule has 0 saturated heterocycles. The summed E-state index contributed by atoms with van der Waals surface area (Å²) in [6.45, 7) is 0. The highest BCUT2D eigenvalue weighted by atomic mass is 79.9. The predicted octanol–water partition coefficient (Wildman–Crippen LogP) is 2.87. The maximum atomic E-state index is 10.8. The molecule has 6 heteroatoms. The van der Waals surface area contributed by atoms with E-state index < -0.39 is 5.97 Å². The third-order valence-electron chi connectivity index (χ3n) is 2.30. The van der Waals surface area contributed by atoms with Crippen LogP contribution < -0.4 is 11.1 Å². The summed E-state index contributed by atoms with van der Waals surface area (Å²) < 4.78 is 0.702. The van der Waals surface area contributed by atoms with Crippen LogP contribution in [0.15, 0.2) is 41.1 Å². The summed E-state index contributed by atoms with van der Waals surface area (Å²) in [5, 5.41) is 11.9. The number of anilines is 3. The van der Waals surface area contributed by atoms with Crippen molar-refractivity contribution in [2.24, 2.45) is 0 Å². The van der Waals surface area contributed by atoms with E-state index in [0.717, 1.165) is 5.69 Å². The van der Waals surface area contributed by atoms with Crippen molar-refractivity contribution in [3.8, 4) is 0 Å². The van der Waals surface area contributed by atoms with Crippen LogP contribution in [-0.2, 0) is 0 Å². The summed E-state index contributed by atoms with van der Waals surface area (Å²) in [5.41, 5.74) is 7.79. The zero-order chi connectivity index (χ0) is 13.1. The van der Waals surface area contributed by atoms with Gasteiger partial charge >= 0.3 is 5.97 Å². The average Bonchev–Trinajstić information content (AvgIpc) is 2.31. The fourth-order valence-corrected chi connectivity index (χ4v) is 1.81. The molecule has 0 aliphatic heterocycles. The van der Waals surface area contributed by atoms with E-state index in [9.17, 15) is 4.79 Å². The molecule has 0 atom stereocenters. The zero-order valence-electron chi connectivity index (χ0n) is 9.22. The van der Waals surface area contributed by atoms with Crippen molar-refractivity contribution in [2.45, 2.75) is 0 Å². The second-order valence-electron chi connectivity index (χ2n) is 3.60. The minimum absolute atomic E-state index is 0.161. The van der Waals surface area contributed by atoms with Gasteiger partial charge in [0.15, 0.2) is 0 Å². The number of rotatable bonds is 3. The number of aromatic carboxylic acids is 1. The Bertz CT molecular complexity index is 602. The van der Waals surface area contributed by atoms with Gasteiger partial charge in [0, 0.05) is 11.9 Å². The first-order valence-electron chi connectivity index (χ1n) is 5.07. The maximum Gasteiger partial charge on any atom is 0.335 e. The van der Waals surface area contributed by atoms with E-state index in [2.05, 4.69) is 26.2 Å². The van der Waals surface area contributed by atoms with Gasteiger partial charge in [-0.15, -0.1) is 0 Å². The van der Waals surface area contributed by atoms with Crippen LogP contribution in [0.5, 0.6) is 0 Å². The lowest BCUT2D eigenvalue weighted by Crippen LogP contribution is -2.01. The molecule has 2 rings (SSSR count). The highest BCUT2D eigenvalue weighted by molar-refractivity contribution is 9.10. The number of nitrogens with zero attached hydrogens (tertiary/aromatic N) is 1. The molecule has 18 heavy (non-hydrogen) atoms. The number of benzene rings is 1. The summed E-state index contributed by atoms with van der Waals surface area (Å²) in [6.07, 6.45) is 1.65. The maximum absolute atomic E-state index is 10.8. The zero-order valence-corrected chi connectivity index (χ0v) is 10.8. The predicted molar refractivity (Wildman–Crippen MR) is 73.0 cm³/mol. The number of hydrogen-bond donors (Lipinski definition) is 3. The smallest absolute Gasteiger partial charge is 0.335 e. The summed E-state index contributed by atoms with van der Waals surface area (Å²) in [5.74, 6) is -1.00. The molecule has 0 aliphatic rings. The summed E-state index contributed by atoms with van der Waals surface area (Å²) in [6, 6.07) is 8.13. The van der Waals surface area contributed by atoms with Gasteiger partial charge in [0.2, 0.25) is 0 Å². The molecule has 0 saturated carbocycles. The number of hydrogen-bond acceptors (Lipinski definition) is 4. The quantitative estimate of drug-likeness (QED) is 0.599. The van der Waals surface area contributed by atoms with Crippen molar-refractivity contribution in [3.05, 3.63) is 46.7 Å². The van der Waals surface area contributed by atoms with Crippen molar-refractivity contribution in [1.29, 1.82) is 0 Å². The molecule has 0 radical (unpaired) electrons. The molecule has 5 nitrogen and oxygen atoms in total. The van der Waals surface area contributed by atoms with Gasteiger partial charge in [0.05, 0.1) is 16.9 Å². The van der Waals surface area contributed by atoms with E-state index in [1.807, 2.05) is 0 Å². The van der Waals surface area contributed by atoms with Crippen LogP contribution in [0.1, 0.15) is 10.4 Å². The van der Waals surface area contributed by atoms with Gasteiger partial charge in [0.1, 0.15) is 4.60 Å². The first-order valence-corrected chi connectivity index (χ1v) is 5.87. The fourth-order valence-electron chi connectivity index (χ4n) is 1.45. The van der Waals surface area contributed by atoms with Crippen LogP contribution in [0.3, 0.4) is 0 Å². The second-order valence-corrected chi connectivity index (χ2v) is 4.41. The lowest BCUT2D eigenvalue weighted by molar-refractivity contribution is 0.0697. The van der Waals surface area contributed by atoms with Crippen molar-refractivity contribution in [1.82, 2.24) is 4.98 Å². The fraction of sp³-hybridized carbons (Fsp3) is 0. The standard InChI is InChI=1S/C12H10BrN3O2/c13-11-6-8(3-4-15-11)16-10-2-1-7(12(17)18)5-9(10)14/h1-6H,14H2,(H,15,16)(H,17,18). The second kappa shape index (κ2) is 5.05. The SMILES string of the molecule is Nc1cc(C(=O)O)ccc1Nc1ccnc(Br)c1. The topological polar surface area (TPSA) is 88.2 Å². The molecular formula is C12H10BrN3O2. The number of pyridine rings is 1. The molecule has 0 bridgehead atoms. The van der Waals surface area contributed by atoms with Crippen molar-refractivity contribution < 1.29 is 9.90 Å². The van der Waals surface area contributed by atoms with Crippen LogP contribution in [0.25, 0.3) is 0 Å². The van der Waals surface area contributed by atoms with Crippen LogP contribution >= 0.6 is 15.9 Å². The van der Waals surface area contributed by atoms with Crippen LogP contribution in [-0.4, -0.2) is 16.1 Å². The van der Waals surface area contributed by atoms with Crippen LogP contribution in [0.4, 0.5) is 17.1 Å². The Morgan fingerprint density at radius 3 is 2.72 bits per heavy atom. The minimum atomic E-state index is -1.00. The van der Waals surface area contributed by atoms with E-state index in [1.54, 1.807) is 24.4 Å². The first kappa shape index (κ1) is 12.4. The Hall–Kier alpha value is -2.08. The van der Waals surface area contributed by atoms with Gasteiger partial charge < -0.3 is 16.2 Å². The van der Waals surface area contributed by atoms with Crippen molar-refractivity contribution >= 4 is 39.0 Å². The Kier molecular flexibility index (Phi) is 3.47. The Balaban J connectivity index is 2.27. The number of carbonyl (C=O) groups is 1. The summed E-state index contributed by atoms with van der Waals surface area (Å²) in [7, 11) is 0. The van der Waals surface area contributed by atoms with Crippen molar-refractivity contribution in [3.63, 3.8) is 0 Å². The molecule has 0 fully saturated rings.